The summed E-state index contributed by atoms with van der Waals surface area (Å²) >= 11 is 0. The maximum atomic E-state index is 11.7. The molecule has 0 saturated carbocycles. The second-order valence-corrected chi connectivity index (χ2v) is 7.85. The SMILES string of the molecule is CC.CC.CC(C)(C)C(=O)C1=CC=CC1.CC(C)(C)C(=O)c1ccccc1. The van der Waals surface area contributed by atoms with E-state index in [1.165, 1.54) is 0 Å². The summed E-state index contributed by atoms with van der Waals surface area (Å²) in [5.41, 5.74) is 1.24. The van der Waals surface area contributed by atoms with Crippen LogP contribution in [0.4, 0.5) is 0 Å². The van der Waals surface area contributed by atoms with Crippen LogP contribution in [0.3, 0.4) is 0 Å². The number of hydrogen-bond acceptors (Lipinski definition) is 2. The molecular weight excluding hydrogens is 332 g/mol. The third-order valence-electron chi connectivity index (χ3n) is 3.46. The highest BCUT2D eigenvalue weighted by atomic mass is 16.1. The average molecular weight is 373 g/mol. The van der Waals surface area contributed by atoms with E-state index >= 15 is 0 Å². The predicted molar refractivity (Wildman–Crippen MR) is 119 cm³/mol. The number of rotatable bonds is 2. The molecule has 27 heavy (non-hydrogen) atoms. The Morgan fingerprint density at radius 3 is 1.52 bits per heavy atom. The van der Waals surface area contributed by atoms with Gasteiger partial charge in [0.25, 0.3) is 0 Å². The number of ketones is 2. The van der Waals surface area contributed by atoms with Crippen LogP contribution in [-0.4, -0.2) is 11.6 Å². The molecule has 1 aliphatic rings. The molecule has 0 amide bonds. The van der Waals surface area contributed by atoms with Crippen LogP contribution in [0.15, 0.2) is 54.1 Å². The smallest absolute Gasteiger partial charge is 0.168 e. The Labute approximate surface area is 167 Å². The van der Waals surface area contributed by atoms with Gasteiger partial charge >= 0.3 is 0 Å². The van der Waals surface area contributed by atoms with E-state index < -0.39 is 0 Å². The van der Waals surface area contributed by atoms with E-state index in [0.29, 0.717) is 0 Å². The fraction of sp³-hybridized carbons (Fsp3) is 0.520. The Kier molecular flexibility index (Phi) is 13.4. The van der Waals surface area contributed by atoms with E-state index in [2.05, 4.69) is 0 Å². The van der Waals surface area contributed by atoms with Crippen molar-refractivity contribution in [3.8, 4) is 0 Å². The van der Waals surface area contributed by atoms with Gasteiger partial charge in [-0.1, -0.05) is 118 Å². The predicted octanol–water partition coefficient (Wildman–Crippen LogP) is 7.46. The first-order valence-corrected chi connectivity index (χ1v) is 10.0. The van der Waals surface area contributed by atoms with Crippen molar-refractivity contribution in [2.75, 3.05) is 0 Å². The number of Topliss-reactive ketones (excluding diaryl/α,β-unsaturated/α-hetero) is 2. The van der Waals surface area contributed by atoms with Gasteiger partial charge in [-0.3, -0.25) is 9.59 Å². The van der Waals surface area contributed by atoms with Crippen LogP contribution in [0.2, 0.25) is 0 Å². The molecule has 0 unspecified atom stereocenters. The molecule has 2 heteroatoms. The summed E-state index contributed by atoms with van der Waals surface area (Å²) in [7, 11) is 0. The summed E-state index contributed by atoms with van der Waals surface area (Å²) in [6.45, 7) is 19.7. The molecule has 0 heterocycles. The lowest BCUT2D eigenvalue weighted by Crippen LogP contribution is -2.21. The molecule has 0 saturated heterocycles. The normalized spacial score (nSPS) is 12.3. The van der Waals surface area contributed by atoms with Crippen molar-refractivity contribution in [1.82, 2.24) is 0 Å². The molecule has 0 bridgehead atoms. The Balaban J connectivity index is 0. The molecule has 0 aliphatic heterocycles. The lowest BCUT2D eigenvalue weighted by Gasteiger charge is -2.16. The number of carbonyl (C=O) groups excluding carboxylic acids is 2. The maximum absolute atomic E-state index is 11.7. The second kappa shape index (κ2) is 13.2. The first kappa shape index (κ1) is 27.3. The molecule has 0 spiro atoms. The van der Waals surface area contributed by atoms with Gasteiger partial charge in [0.05, 0.1) is 0 Å². The molecule has 0 fully saturated rings. The molecule has 1 aromatic carbocycles. The van der Waals surface area contributed by atoms with E-state index in [1.54, 1.807) is 0 Å². The zero-order valence-electron chi connectivity index (χ0n) is 19.1. The molecule has 0 radical (unpaired) electrons. The summed E-state index contributed by atoms with van der Waals surface area (Å²) < 4.78 is 0. The first-order chi connectivity index (χ1) is 12.5. The van der Waals surface area contributed by atoms with Crippen LogP contribution in [-0.2, 0) is 4.79 Å². The molecule has 0 atom stereocenters. The summed E-state index contributed by atoms with van der Waals surface area (Å²) in [6, 6.07) is 9.40. The van der Waals surface area contributed by atoms with Gasteiger partial charge in [-0.15, -0.1) is 0 Å². The van der Waals surface area contributed by atoms with Gasteiger partial charge in [-0.2, -0.15) is 0 Å². The summed E-state index contributed by atoms with van der Waals surface area (Å²) in [5, 5.41) is 0. The van der Waals surface area contributed by atoms with Gasteiger partial charge in [0, 0.05) is 16.4 Å². The molecule has 0 aromatic heterocycles. The van der Waals surface area contributed by atoms with Crippen LogP contribution >= 0.6 is 0 Å². The molecule has 1 aromatic rings. The Morgan fingerprint density at radius 2 is 1.19 bits per heavy atom. The number of hydrogen-bond donors (Lipinski definition) is 0. The van der Waals surface area contributed by atoms with Crippen molar-refractivity contribution in [2.24, 2.45) is 10.8 Å². The maximum Gasteiger partial charge on any atom is 0.168 e. The highest BCUT2D eigenvalue weighted by molar-refractivity contribution is 6.00. The monoisotopic (exact) mass is 372 g/mol. The zero-order valence-corrected chi connectivity index (χ0v) is 19.1. The van der Waals surface area contributed by atoms with Crippen molar-refractivity contribution >= 4 is 11.6 Å². The van der Waals surface area contributed by atoms with Crippen molar-refractivity contribution in [3.63, 3.8) is 0 Å². The van der Waals surface area contributed by atoms with Gasteiger partial charge in [-0.05, 0) is 12.0 Å². The second-order valence-electron chi connectivity index (χ2n) is 7.85. The molecule has 2 nitrogen and oxygen atoms in total. The fourth-order valence-electron chi connectivity index (χ4n) is 2.12. The number of allylic oxidation sites excluding steroid dienone is 4. The molecule has 2 rings (SSSR count). The van der Waals surface area contributed by atoms with Crippen molar-refractivity contribution < 1.29 is 9.59 Å². The van der Waals surface area contributed by atoms with Gasteiger partial charge < -0.3 is 0 Å². The average Bonchev–Trinajstić information content (AvgIpc) is 3.18. The minimum atomic E-state index is -0.276. The fourth-order valence-corrected chi connectivity index (χ4v) is 2.12. The van der Waals surface area contributed by atoms with Gasteiger partial charge in [0.1, 0.15) is 0 Å². The Morgan fingerprint density at radius 1 is 0.741 bits per heavy atom. The minimum Gasteiger partial charge on any atom is -0.294 e. The van der Waals surface area contributed by atoms with Gasteiger partial charge in [-0.25, -0.2) is 0 Å². The third kappa shape index (κ3) is 10.7. The summed E-state index contributed by atoms with van der Waals surface area (Å²) in [5.74, 6) is 0.464. The molecular formula is C25H40O2. The third-order valence-corrected chi connectivity index (χ3v) is 3.46. The topological polar surface area (TPSA) is 34.1 Å². The number of carbonyl (C=O) groups is 2. The summed E-state index contributed by atoms with van der Waals surface area (Å²) in [4.78, 5) is 23.2. The van der Waals surface area contributed by atoms with Gasteiger partial charge in [0.2, 0.25) is 0 Å². The van der Waals surface area contributed by atoms with E-state index in [4.69, 9.17) is 0 Å². The Hall–Kier alpha value is -1.96. The highest BCUT2D eigenvalue weighted by Gasteiger charge is 2.24. The minimum absolute atomic E-state index is 0.197. The number of benzene rings is 1. The molecule has 0 N–H and O–H groups in total. The molecule has 1 aliphatic carbocycles. The van der Waals surface area contributed by atoms with Crippen molar-refractivity contribution in [2.45, 2.75) is 75.7 Å². The van der Waals surface area contributed by atoms with E-state index in [9.17, 15) is 9.59 Å². The first-order valence-electron chi connectivity index (χ1n) is 10.0. The Bertz CT molecular complexity index is 606. The lowest BCUT2D eigenvalue weighted by atomic mass is 9.86. The van der Waals surface area contributed by atoms with E-state index in [0.717, 1.165) is 17.6 Å². The molecule has 152 valence electrons. The summed E-state index contributed by atoms with van der Waals surface area (Å²) in [6.07, 6.45) is 6.68. The largest absolute Gasteiger partial charge is 0.294 e. The quantitative estimate of drug-likeness (QED) is 0.505. The van der Waals surface area contributed by atoms with Crippen molar-refractivity contribution in [1.29, 1.82) is 0 Å². The van der Waals surface area contributed by atoms with Crippen LogP contribution in [0.1, 0.15) is 86.0 Å². The standard InChI is InChI=1S/C11H14O.C10H14O.2C2H6/c1-11(2,3)10(12)9-7-5-4-6-8-9;1-10(2,3)9(11)8-6-4-5-7-8;2*1-2/h4-8H,1-3H3;4-6H,7H2,1-3H3;2*1-2H3. The van der Waals surface area contributed by atoms with Crippen LogP contribution < -0.4 is 0 Å². The van der Waals surface area contributed by atoms with Crippen LogP contribution in [0.25, 0.3) is 0 Å². The zero-order chi connectivity index (χ0) is 21.7. The lowest BCUT2D eigenvalue weighted by molar-refractivity contribution is -0.122. The highest BCUT2D eigenvalue weighted by Crippen LogP contribution is 2.24. The van der Waals surface area contributed by atoms with Crippen LogP contribution in [0, 0.1) is 10.8 Å². The van der Waals surface area contributed by atoms with E-state index in [-0.39, 0.29) is 22.4 Å². The van der Waals surface area contributed by atoms with Crippen LogP contribution in [0.5, 0.6) is 0 Å². The van der Waals surface area contributed by atoms with Gasteiger partial charge in [0.15, 0.2) is 11.6 Å². The van der Waals surface area contributed by atoms with E-state index in [1.807, 2.05) is 118 Å². The van der Waals surface area contributed by atoms with Crippen molar-refractivity contribution in [3.05, 3.63) is 59.7 Å².